The number of halogens is 1. The number of aryl methyl sites for hydroxylation is 1. The minimum absolute atomic E-state index is 0.184. The van der Waals surface area contributed by atoms with Gasteiger partial charge in [-0.25, -0.2) is 0 Å². The molecule has 5 heteroatoms. The lowest BCUT2D eigenvalue weighted by Crippen LogP contribution is -2.30. The van der Waals surface area contributed by atoms with Crippen LogP contribution in [0.25, 0.3) is 17.4 Å². The van der Waals surface area contributed by atoms with E-state index in [9.17, 15) is 4.79 Å². The molecule has 1 aliphatic heterocycles. The standard InChI is InChI=1S/C25H25ClN2O2/c1-18-9-10-19(17-21(18)26)24-13-11-20(30-24)12-14-25(29)27-22-7-3-4-8-23(22)28-15-5-2-6-16-28/h3-4,7-14,17H,2,5-6,15-16H2,1H3,(H,27,29)/b14-12+. The van der Waals surface area contributed by atoms with Crippen LogP contribution in [0.2, 0.25) is 5.02 Å². The number of carbonyl (C=O) groups excluding carboxylic acids is 1. The molecule has 1 N–H and O–H groups in total. The summed E-state index contributed by atoms with van der Waals surface area (Å²) >= 11 is 6.21. The van der Waals surface area contributed by atoms with Crippen molar-refractivity contribution in [3.63, 3.8) is 0 Å². The van der Waals surface area contributed by atoms with Crippen LogP contribution in [-0.2, 0) is 4.79 Å². The van der Waals surface area contributed by atoms with E-state index in [2.05, 4.69) is 16.3 Å². The number of carbonyl (C=O) groups is 1. The second-order valence-corrected chi connectivity index (χ2v) is 7.96. The third-order valence-electron chi connectivity index (χ3n) is 5.34. The Bertz CT molecular complexity index is 1060. The zero-order valence-corrected chi connectivity index (χ0v) is 17.8. The maximum absolute atomic E-state index is 12.5. The Morgan fingerprint density at radius 2 is 1.87 bits per heavy atom. The lowest BCUT2D eigenvalue weighted by atomic mass is 10.1. The average molecular weight is 421 g/mol. The number of para-hydroxylation sites is 2. The fraction of sp³-hybridized carbons (Fsp3) is 0.240. The van der Waals surface area contributed by atoms with E-state index in [1.807, 2.05) is 55.5 Å². The minimum Gasteiger partial charge on any atom is -0.457 e. The molecule has 4 rings (SSSR count). The Balaban J connectivity index is 1.44. The maximum atomic E-state index is 12.5. The highest BCUT2D eigenvalue weighted by Gasteiger charge is 2.15. The molecular weight excluding hydrogens is 396 g/mol. The van der Waals surface area contributed by atoms with Crippen molar-refractivity contribution in [1.29, 1.82) is 0 Å². The Morgan fingerprint density at radius 3 is 2.67 bits per heavy atom. The summed E-state index contributed by atoms with van der Waals surface area (Å²) < 4.78 is 5.85. The molecule has 30 heavy (non-hydrogen) atoms. The van der Waals surface area contributed by atoms with Gasteiger partial charge in [-0.1, -0.05) is 35.9 Å². The highest BCUT2D eigenvalue weighted by atomic mass is 35.5. The average Bonchev–Trinajstić information content (AvgIpc) is 3.24. The van der Waals surface area contributed by atoms with E-state index >= 15 is 0 Å². The molecule has 3 aromatic rings. The maximum Gasteiger partial charge on any atom is 0.248 e. The van der Waals surface area contributed by atoms with E-state index in [0.29, 0.717) is 16.5 Å². The van der Waals surface area contributed by atoms with Crippen LogP contribution < -0.4 is 10.2 Å². The summed E-state index contributed by atoms with van der Waals surface area (Å²) in [5.74, 6) is 1.14. The van der Waals surface area contributed by atoms with Gasteiger partial charge >= 0.3 is 0 Å². The number of anilines is 2. The van der Waals surface area contributed by atoms with Crippen molar-refractivity contribution in [3.8, 4) is 11.3 Å². The number of furan rings is 1. The van der Waals surface area contributed by atoms with Gasteiger partial charge in [-0.15, -0.1) is 0 Å². The van der Waals surface area contributed by atoms with Crippen molar-refractivity contribution in [2.24, 2.45) is 0 Å². The number of nitrogens with zero attached hydrogens (tertiary/aromatic N) is 1. The number of hydrogen-bond acceptors (Lipinski definition) is 3. The van der Waals surface area contributed by atoms with E-state index < -0.39 is 0 Å². The van der Waals surface area contributed by atoms with E-state index in [0.717, 1.165) is 35.6 Å². The van der Waals surface area contributed by atoms with Crippen LogP contribution in [0.4, 0.5) is 11.4 Å². The minimum atomic E-state index is -0.184. The molecule has 0 saturated carbocycles. The molecule has 154 valence electrons. The molecule has 0 spiro atoms. The molecule has 1 amide bonds. The molecule has 0 unspecified atom stereocenters. The second-order valence-electron chi connectivity index (χ2n) is 7.55. The van der Waals surface area contributed by atoms with Crippen molar-refractivity contribution in [3.05, 3.63) is 77.0 Å². The SMILES string of the molecule is Cc1ccc(-c2ccc(/C=C/C(=O)Nc3ccccc3N3CCCCC3)o2)cc1Cl. The van der Waals surface area contributed by atoms with E-state index in [-0.39, 0.29) is 5.91 Å². The molecule has 1 aliphatic rings. The lowest BCUT2D eigenvalue weighted by molar-refractivity contribution is -0.111. The summed E-state index contributed by atoms with van der Waals surface area (Å²) in [7, 11) is 0. The number of benzene rings is 2. The van der Waals surface area contributed by atoms with Gasteiger partial charge < -0.3 is 14.6 Å². The topological polar surface area (TPSA) is 45.5 Å². The first kappa shape index (κ1) is 20.3. The zero-order chi connectivity index (χ0) is 20.9. The summed E-state index contributed by atoms with van der Waals surface area (Å²) in [6, 6.07) is 17.5. The van der Waals surface area contributed by atoms with E-state index in [1.54, 1.807) is 6.08 Å². The highest BCUT2D eigenvalue weighted by molar-refractivity contribution is 6.31. The van der Waals surface area contributed by atoms with Crippen molar-refractivity contribution < 1.29 is 9.21 Å². The van der Waals surface area contributed by atoms with Crippen molar-refractivity contribution >= 4 is 35.0 Å². The fourth-order valence-corrected chi connectivity index (χ4v) is 3.85. The molecule has 1 saturated heterocycles. The third-order valence-corrected chi connectivity index (χ3v) is 5.75. The zero-order valence-electron chi connectivity index (χ0n) is 17.0. The predicted molar refractivity (Wildman–Crippen MR) is 124 cm³/mol. The molecule has 0 aliphatic carbocycles. The van der Waals surface area contributed by atoms with Crippen LogP contribution in [0.3, 0.4) is 0 Å². The Morgan fingerprint density at radius 1 is 1.07 bits per heavy atom. The number of rotatable bonds is 5. The molecule has 0 bridgehead atoms. The molecule has 1 aromatic heterocycles. The summed E-state index contributed by atoms with van der Waals surface area (Å²) in [6.45, 7) is 4.02. The molecule has 4 nitrogen and oxygen atoms in total. The first-order valence-corrected chi connectivity index (χ1v) is 10.7. The van der Waals surface area contributed by atoms with Crippen LogP contribution >= 0.6 is 11.6 Å². The van der Waals surface area contributed by atoms with Gasteiger partial charge in [0.1, 0.15) is 11.5 Å². The smallest absolute Gasteiger partial charge is 0.248 e. The van der Waals surface area contributed by atoms with Crippen LogP contribution in [0.15, 0.2) is 65.1 Å². The van der Waals surface area contributed by atoms with Crippen LogP contribution in [0.1, 0.15) is 30.6 Å². The number of nitrogens with one attached hydrogen (secondary N) is 1. The van der Waals surface area contributed by atoms with Crippen LogP contribution in [-0.4, -0.2) is 19.0 Å². The van der Waals surface area contributed by atoms with Crippen molar-refractivity contribution in [2.75, 3.05) is 23.3 Å². The molecular formula is C25H25ClN2O2. The molecule has 0 radical (unpaired) electrons. The quantitative estimate of drug-likeness (QED) is 0.476. The van der Waals surface area contributed by atoms with Gasteiger partial charge in [-0.3, -0.25) is 4.79 Å². The molecule has 2 aromatic carbocycles. The Kier molecular flexibility index (Phi) is 6.24. The highest BCUT2D eigenvalue weighted by Crippen LogP contribution is 2.29. The van der Waals surface area contributed by atoms with Gasteiger partial charge in [-0.2, -0.15) is 0 Å². The van der Waals surface area contributed by atoms with E-state index in [4.69, 9.17) is 16.0 Å². The predicted octanol–water partition coefficient (Wildman–Crippen LogP) is 6.55. The van der Waals surface area contributed by atoms with Gasteiger partial charge in [0.05, 0.1) is 11.4 Å². The Hall–Kier alpha value is -2.98. The van der Waals surface area contributed by atoms with Crippen molar-refractivity contribution in [2.45, 2.75) is 26.2 Å². The lowest BCUT2D eigenvalue weighted by Gasteiger charge is -2.30. The van der Waals surface area contributed by atoms with Crippen LogP contribution in [0.5, 0.6) is 0 Å². The normalized spacial score (nSPS) is 14.3. The Labute approximate surface area is 182 Å². The van der Waals surface area contributed by atoms with Gasteiger partial charge in [0.15, 0.2) is 0 Å². The second kappa shape index (κ2) is 9.23. The van der Waals surface area contributed by atoms with Gasteiger partial charge in [0, 0.05) is 29.8 Å². The van der Waals surface area contributed by atoms with Gasteiger partial charge in [-0.05, 0) is 68.2 Å². The molecule has 1 fully saturated rings. The molecule has 2 heterocycles. The summed E-state index contributed by atoms with van der Waals surface area (Å²) in [5.41, 5.74) is 3.85. The van der Waals surface area contributed by atoms with Crippen LogP contribution in [0, 0.1) is 6.92 Å². The first-order chi connectivity index (χ1) is 14.6. The van der Waals surface area contributed by atoms with Crippen molar-refractivity contribution in [1.82, 2.24) is 0 Å². The third kappa shape index (κ3) is 4.77. The molecule has 0 atom stereocenters. The number of piperidine rings is 1. The van der Waals surface area contributed by atoms with Gasteiger partial charge in [0.2, 0.25) is 5.91 Å². The monoisotopic (exact) mass is 420 g/mol. The number of hydrogen-bond donors (Lipinski definition) is 1. The summed E-state index contributed by atoms with van der Waals surface area (Å²) in [4.78, 5) is 14.8. The fourth-order valence-electron chi connectivity index (χ4n) is 3.67. The van der Waals surface area contributed by atoms with E-state index in [1.165, 1.54) is 25.3 Å². The summed E-state index contributed by atoms with van der Waals surface area (Å²) in [5, 5.41) is 3.71. The largest absolute Gasteiger partial charge is 0.457 e. The van der Waals surface area contributed by atoms with Gasteiger partial charge in [0.25, 0.3) is 0 Å². The first-order valence-electron chi connectivity index (χ1n) is 10.3. The summed E-state index contributed by atoms with van der Waals surface area (Å²) in [6.07, 6.45) is 6.83. The number of amides is 1.